The van der Waals surface area contributed by atoms with Gasteiger partial charge in [0.1, 0.15) is 18.0 Å². The lowest BCUT2D eigenvalue weighted by atomic mass is 10.1. The van der Waals surface area contributed by atoms with Crippen molar-refractivity contribution in [2.24, 2.45) is 10.3 Å². The van der Waals surface area contributed by atoms with Crippen LogP contribution in [0.5, 0.6) is 0 Å². The summed E-state index contributed by atoms with van der Waals surface area (Å²) in [5, 5.41) is 7.90. The van der Waals surface area contributed by atoms with Crippen LogP contribution in [0.15, 0.2) is 129 Å². The van der Waals surface area contributed by atoms with E-state index in [4.69, 9.17) is 9.68 Å². The van der Waals surface area contributed by atoms with Gasteiger partial charge in [-0.05, 0) is 79.1 Å². The first-order chi connectivity index (χ1) is 20.5. The molecule has 0 radical (unpaired) electrons. The second kappa shape index (κ2) is 15.3. The van der Waals surface area contributed by atoms with Crippen molar-refractivity contribution in [3.8, 4) is 0 Å². The second-order valence-electron chi connectivity index (χ2n) is 9.10. The fourth-order valence-corrected chi connectivity index (χ4v) is 4.65. The van der Waals surface area contributed by atoms with Crippen molar-refractivity contribution in [2.45, 2.75) is 43.1 Å². The number of Topliss-reactive ketones (excluding diaryl/α,β-unsaturated/α-hetero) is 2. The van der Waals surface area contributed by atoms with Crippen LogP contribution < -0.4 is 0 Å². The molecule has 0 saturated heterocycles. The maximum atomic E-state index is 12.9. The number of benzene rings is 4. The van der Waals surface area contributed by atoms with Crippen molar-refractivity contribution < 1.29 is 24.1 Å². The van der Waals surface area contributed by atoms with Gasteiger partial charge in [0.25, 0.3) is 0 Å². The van der Waals surface area contributed by atoms with Gasteiger partial charge in [0, 0.05) is 20.9 Å². The minimum atomic E-state index is -0.622. The molecular weight excluding hydrogens is 548 g/mol. The molecule has 0 aliphatic rings. The second-order valence-corrected chi connectivity index (χ2v) is 10.2. The first-order valence-corrected chi connectivity index (χ1v) is 14.3. The molecule has 0 saturated carbocycles. The van der Waals surface area contributed by atoms with E-state index in [0.29, 0.717) is 41.9 Å². The highest BCUT2D eigenvalue weighted by molar-refractivity contribution is 7.99. The highest BCUT2D eigenvalue weighted by Gasteiger charge is 2.16. The number of rotatable bonds is 13. The summed E-state index contributed by atoms with van der Waals surface area (Å²) in [5.74, 6) is -1.10. The van der Waals surface area contributed by atoms with E-state index in [9.17, 15) is 14.4 Å². The highest BCUT2D eigenvalue weighted by Crippen LogP contribution is 2.28. The van der Waals surface area contributed by atoms with Crippen LogP contribution in [0.3, 0.4) is 0 Å². The van der Waals surface area contributed by atoms with Gasteiger partial charge in [-0.3, -0.25) is 9.59 Å². The van der Waals surface area contributed by atoms with Crippen LogP contribution in [0, 0.1) is 0 Å². The predicted molar refractivity (Wildman–Crippen MR) is 164 cm³/mol. The summed E-state index contributed by atoms with van der Waals surface area (Å²) in [6.07, 6.45) is 0.765. The van der Waals surface area contributed by atoms with Crippen molar-refractivity contribution in [3.05, 3.63) is 131 Å². The third kappa shape index (κ3) is 8.34. The summed E-state index contributed by atoms with van der Waals surface area (Å²) < 4.78 is 0. The number of hydrogen-bond acceptors (Lipinski definition) is 8. The van der Waals surface area contributed by atoms with Crippen LogP contribution in [0.2, 0.25) is 0 Å². The van der Waals surface area contributed by atoms with Gasteiger partial charge >= 0.3 is 5.97 Å². The van der Waals surface area contributed by atoms with Crippen molar-refractivity contribution in [1.29, 1.82) is 0 Å². The zero-order valence-corrected chi connectivity index (χ0v) is 24.2. The first-order valence-electron chi connectivity index (χ1n) is 13.5. The maximum Gasteiger partial charge on any atom is 0.365 e. The van der Waals surface area contributed by atoms with Crippen LogP contribution >= 0.6 is 11.8 Å². The molecule has 0 heterocycles. The molecule has 212 valence electrons. The Hall–Kier alpha value is -4.82. The Balaban J connectivity index is 1.34. The van der Waals surface area contributed by atoms with Gasteiger partial charge in [-0.2, -0.15) is 0 Å². The van der Waals surface area contributed by atoms with E-state index in [0.717, 1.165) is 15.4 Å². The lowest BCUT2D eigenvalue weighted by Crippen LogP contribution is -2.15. The van der Waals surface area contributed by atoms with Crippen LogP contribution in [0.25, 0.3) is 0 Å². The summed E-state index contributed by atoms with van der Waals surface area (Å²) in [5.41, 5.74) is 2.82. The number of nitrogens with zero attached hydrogens (tertiary/aromatic N) is 2. The topological polar surface area (TPSA) is 94.4 Å². The van der Waals surface area contributed by atoms with Gasteiger partial charge < -0.3 is 9.68 Å². The molecule has 0 aromatic heterocycles. The number of carbonyl (C=O) groups excluding carboxylic acids is 3. The van der Waals surface area contributed by atoms with Crippen LogP contribution in [-0.4, -0.2) is 29.0 Å². The minimum Gasteiger partial charge on any atom is -0.391 e. The Labute approximate surface area is 249 Å². The molecular formula is C34H30N2O5S. The van der Waals surface area contributed by atoms with Gasteiger partial charge in [-0.25, -0.2) is 4.79 Å². The average molecular weight is 579 g/mol. The first kappa shape index (κ1) is 30.1. The molecule has 4 aromatic rings. The molecule has 42 heavy (non-hydrogen) atoms. The third-order valence-electron chi connectivity index (χ3n) is 6.16. The molecule has 4 aromatic carbocycles. The molecule has 0 amide bonds. The molecule has 0 fully saturated rings. The quantitative estimate of drug-likeness (QED) is 0.0695. The lowest BCUT2D eigenvalue weighted by molar-refractivity contribution is 0.0514. The molecule has 0 atom stereocenters. The monoisotopic (exact) mass is 578 g/mol. The molecule has 0 bridgehead atoms. The van der Waals surface area contributed by atoms with Gasteiger partial charge in [0.05, 0.1) is 5.56 Å². The summed E-state index contributed by atoms with van der Waals surface area (Å²) in [6.45, 7) is 3.94. The Morgan fingerprint density at radius 3 is 1.57 bits per heavy atom. The summed E-state index contributed by atoms with van der Waals surface area (Å²) in [6, 6.07) is 32.5. The number of carbonyl (C=O) groups is 3. The summed E-state index contributed by atoms with van der Waals surface area (Å²) in [7, 11) is 0. The van der Waals surface area contributed by atoms with Crippen molar-refractivity contribution in [2.75, 3.05) is 0 Å². The lowest BCUT2D eigenvalue weighted by Gasteiger charge is -2.07. The molecule has 8 heteroatoms. The molecule has 0 aliphatic carbocycles. The Morgan fingerprint density at radius 2 is 1.07 bits per heavy atom. The van der Waals surface area contributed by atoms with Gasteiger partial charge in [0.15, 0.2) is 0 Å². The predicted octanol–water partition coefficient (Wildman–Crippen LogP) is 7.81. The number of ketones is 2. The molecule has 4 rings (SSSR count). The standard InChI is InChI=1S/C34H30N2O5S/c1-3-30(35-40-23-24-11-7-5-8-12-24)32(37)25-15-19-28(20-16-25)42-29-21-17-26(18-22-29)33(38)31(4-2)36-41-34(39)27-13-9-6-10-14-27/h5-22H,3-4,23H2,1-2H3. The molecule has 0 unspecified atom stereocenters. The summed E-state index contributed by atoms with van der Waals surface area (Å²) >= 11 is 1.50. The normalized spacial score (nSPS) is 11.6. The zero-order valence-electron chi connectivity index (χ0n) is 23.4. The SMILES string of the molecule is CCC(=NOCc1ccccc1)C(=O)c1ccc(Sc2ccc(C(=O)C(CC)=NOC(=O)c3ccccc3)cc2)cc1. The zero-order chi connectivity index (χ0) is 29.7. The van der Waals surface area contributed by atoms with E-state index in [1.165, 1.54) is 11.8 Å². The number of oxime groups is 2. The van der Waals surface area contributed by atoms with Crippen molar-refractivity contribution in [3.63, 3.8) is 0 Å². The van der Waals surface area contributed by atoms with E-state index in [-0.39, 0.29) is 17.3 Å². The Bertz CT molecular complexity index is 1570. The minimum absolute atomic E-state index is 0.153. The Kier molecular flexibility index (Phi) is 10.9. The van der Waals surface area contributed by atoms with E-state index in [1.807, 2.05) is 61.5 Å². The van der Waals surface area contributed by atoms with Crippen LogP contribution in [0.1, 0.15) is 63.3 Å². The molecule has 0 spiro atoms. The third-order valence-corrected chi connectivity index (χ3v) is 7.18. The van der Waals surface area contributed by atoms with Crippen LogP contribution in [-0.2, 0) is 16.3 Å². The van der Waals surface area contributed by atoms with Crippen molar-refractivity contribution >= 4 is 40.7 Å². The highest BCUT2D eigenvalue weighted by atomic mass is 32.2. The fourth-order valence-electron chi connectivity index (χ4n) is 3.83. The van der Waals surface area contributed by atoms with E-state index in [1.54, 1.807) is 61.5 Å². The van der Waals surface area contributed by atoms with Gasteiger partial charge in [-0.1, -0.05) is 84.5 Å². The average Bonchev–Trinajstić information content (AvgIpc) is 3.04. The molecule has 0 aliphatic heterocycles. The molecule has 0 N–H and O–H groups in total. The maximum absolute atomic E-state index is 12.9. The summed E-state index contributed by atoms with van der Waals surface area (Å²) in [4.78, 5) is 50.3. The number of hydrogen-bond donors (Lipinski definition) is 0. The van der Waals surface area contributed by atoms with E-state index >= 15 is 0 Å². The smallest absolute Gasteiger partial charge is 0.365 e. The fraction of sp³-hybridized carbons (Fsp3) is 0.147. The Morgan fingerprint density at radius 1 is 0.595 bits per heavy atom. The van der Waals surface area contributed by atoms with E-state index in [2.05, 4.69) is 10.3 Å². The van der Waals surface area contributed by atoms with Gasteiger partial charge in [0.2, 0.25) is 11.6 Å². The van der Waals surface area contributed by atoms with Crippen LogP contribution in [0.4, 0.5) is 0 Å². The molecule has 7 nitrogen and oxygen atoms in total. The van der Waals surface area contributed by atoms with Crippen molar-refractivity contribution in [1.82, 2.24) is 0 Å². The van der Waals surface area contributed by atoms with Gasteiger partial charge in [-0.15, -0.1) is 0 Å². The largest absolute Gasteiger partial charge is 0.391 e. The van der Waals surface area contributed by atoms with E-state index < -0.39 is 5.97 Å².